The van der Waals surface area contributed by atoms with Gasteiger partial charge in [-0.3, -0.25) is 0 Å². The molecule has 0 unspecified atom stereocenters. The summed E-state index contributed by atoms with van der Waals surface area (Å²) >= 11 is 0. The monoisotopic (exact) mass is 310 g/mol. The average molecular weight is 310 g/mol. The SMILES string of the molecule is C1=[N+](c2ccccc2)C=C[N+]=1c1cccc2c1oc1ccccc12. The molecule has 0 aliphatic carbocycles. The Bertz CT molecular complexity index is 1180. The van der Waals surface area contributed by atoms with Gasteiger partial charge in [-0.2, -0.15) is 0 Å². The van der Waals surface area contributed by atoms with Crippen LogP contribution < -0.4 is 0 Å². The third-order valence-electron chi connectivity index (χ3n) is 4.26. The van der Waals surface area contributed by atoms with Crippen LogP contribution >= 0.6 is 0 Å². The summed E-state index contributed by atoms with van der Waals surface area (Å²) in [6.07, 6.45) is 3.99. The molecule has 112 valence electrons. The molecule has 0 atom stereocenters. The second-order valence-corrected chi connectivity index (χ2v) is 5.73. The first-order valence-electron chi connectivity index (χ1n) is 7.88. The lowest BCUT2D eigenvalue weighted by atomic mass is 10.1. The minimum Gasteiger partial charge on any atom is -0.449 e. The minimum atomic E-state index is 0.880. The zero-order chi connectivity index (χ0) is 15.9. The molecule has 0 amide bonds. The van der Waals surface area contributed by atoms with Gasteiger partial charge in [0.05, 0.1) is 0 Å². The van der Waals surface area contributed by atoms with Gasteiger partial charge in [0.2, 0.25) is 11.3 Å². The van der Waals surface area contributed by atoms with Crippen LogP contribution in [0.15, 0.2) is 89.6 Å². The molecule has 24 heavy (non-hydrogen) atoms. The van der Waals surface area contributed by atoms with Crippen LogP contribution in [0.4, 0.5) is 11.4 Å². The molecule has 3 nitrogen and oxygen atoms in total. The molecular weight excluding hydrogens is 296 g/mol. The van der Waals surface area contributed by atoms with E-state index in [4.69, 9.17) is 4.42 Å². The van der Waals surface area contributed by atoms with E-state index in [1.165, 1.54) is 0 Å². The Balaban J connectivity index is 1.76. The van der Waals surface area contributed by atoms with Crippen molar-refractivity contribution in [1.29, 1.82) is 0 Å². The van der Waals surface area contributed by atoms with Gasteiger partial charge in [-0.25, -0.2) is 0 Å². The first-order chi connectivity index (χ1) is 11.9. The van der Waals surface area contributed by atoms with Crippen LogP contribution in [-0.4, -0.2) is 15.2 Å². The molecule has 1 aliphatic rings. The largest absolute Gasteiger partial charge is 0.502 e. The molecule has 2 heterocycles. The average Bonchev–Trinajstić information content (AvgIpc) is 3.27. The molecule has 0 bridgehead atoms. The van der Waals surface area contributed by atoms with Crippen molar-refractivity contribution in [2.75, 3.05) is 0 Å². The van der Waals surface area contributed by atoms with Crippen LogP contribution in [0, 0.1) is 0 Å². The maximum absolute atomic E-state index is 6.10. The summed E-state index contributed by atoms with van der Waals surface area (Å²) in [6, 6.07) is 27.9. The highest BCUT2D eigenvalue weighted by Gasteiger charge is 2.25. The van der Waals surface area contributed by atoms with Crippen molar-refractivity contribution in [2.24, 2.45) is 0 Å². The number of para-hydroxylation sites is 3. The van der Waals surface area contributed by atoms with Crippen molar-refractivity contribution in [3.8, 4) is 0 Å². The van der Waals surface area contributed by atoms with Crippen LogP contribution in [0.25, 0.3) is 21.9 Å². The van der Waals surface area contributed by atoms with E-state index in [2.05, 4.69) is 42.4 Å². The number of furan rings is 1. The van der Waals surface area contributed by atoms with Gasteiger partial charge in [-0.1, -0.05) is 51.6 Å². The van der Waals surface area contributed by atoms with Crippen molar-refractivity contribution >= 4 is 39.3 Å². The van der Waals surface area contributed by atoms with E-state index in [0.717, 1.165) is 33.3 Å². The van der Waals surface area contributed by atoms with Crippen LogP contribution in [-0.2, 0) is 0 Å². The summed E-state index contributed by atoms with van der Waals surface area (Å²) in [5.74, 6) is 0. The van der Waals surface area contributed by atoms with Gasteiger partial charge in [0.25, 0.3) is 18.1 Å². The molecular formula is C21H14N2O+2. The second-order valence-electron chi connectivity index (χ2n) is 5.73. The number of hydrogen-bond donors (Lipinski definition) is 0. The Morgan fingerprint density at radius 2 is 1.42 bits per heavy atom. The molecule has 3 heteroatoms. The normalized spacial score (nSPS) is 13.5. The number of fused-ring (bicyclic) bond motifs is 3. The summed E-state index contributed by atoms with van der Waals surface area (Å²) < 4.78 is 10.0. The van der Waals surface area contributed by atoms with Crippen molar-refractivity contribution < 1.29 is 13.6 Å². The Morgan fingerprint density at radius 1 is 0.667 bits per heavy atom. The fraction of sp³-hybridized carbons (Fsp3) is 0. The number of benzene rings is 3. The van der Waals surface area contributed by atoms with Gasteiger partial charge in [0, 0.05) is 29.0 Å². The van der Waals surface area contributed by atoms with E-state index >= 15 is 0 Å². The van der Waals surface area contributed by atoms with E-state index in [1.807, 2.05) is 57.9 Å². The molecule has 5 rings (SSSR count). The lowest BCUT2D eigenvalue weighted by Gasteiger charge is -1.90. The highest BCUT2D eigenvalue weighted by atomic mass is 16.3. The number of nitrogens with zero attached hydrogens (tertiary/aromatic N) is 2. The zero-order valence-electron chi connectivity index (χ0n) is 12.9. The molecule has 0 spiro atoms. The zero-order valence-corrected chi connectivity index (χ0v) is 12.9. The smallest absolute Gasteiger partial charge is 0.449 e. The predicted octanol–water partition coefficient (Wildman–Crippen LogP) is 5.23. The van der Waals surface area contributed by atoms with Gasteiger partial charge in [0.1, 0.15) is 5.58 Å². The molecule has 0 saturated carbocycles. The summed E-state index contributed by atoms with van der Waals surface area (Å²) in [7, 11) is 0. The van der Waals surface area contributed by atoms with Gasteiger partial charge in [-0.05, 0) is 12.1 Å². The Labute approximate surface area is 138 Å². The fourth-order valence-corrected chi connectivity index (χ4v) is 3.10. The van der Waals surface area contributed by atoms with Crippen LogP contribution in [0.3, 0.4) is 0 Å². The second kappa shape index (κ2) is 5.05. The lowest BCUT2D eigenvalue weighted by Crippen LogP contribution is -1.94. The molecule has 3 aromatic carbocycles. The van der Waals surface area contributed by atoms with Crippen molar-refractivity contribution in [1.82, 2.24) is 0 Å². The highest BCUT2D eigenvalue weighted by molar-refractivity contribution is 6.07. The predicted molar refractivity (Wildman–Crippen MR) is 94.1 cm³/mol. The van der Waals surface area contributed by atoms with Crippen molar-refractivity contribution in [2.45, 2.75) is 0 Å². The van der Waals surface area contributed by atoms with E-state index in [0.29, 0.717) is 0 Å². The molecule has 1 aliphatic heterocycles. The first-order valence-corrected chi connectivity index (χ1v) is 7.88. The maximum Gasteiger partial charge on any atom is 0.502 e. The maximum atomic E-state index is 6.10. The molecule has 0 fully saturated rings. The topological polar surface area (TPSA) is 19.2 Å². The Kier molecular flexibility index (Phi) is 2.75. The number of hydrogen-bond acceptors (Lipinski definition) is 1. The number of rotatable bonds is 2. The quantitative estimate of drug-likeness (QED) is 0.464. The van der Waals surface area contributed by atoms with Crippen LogP contribution in [0.5, 0.6) is 0 Å². The van der Waals surface area contributed by atoms with Gasteiger partial charge >= 0.3 is 6.01 Å². The molecule has 0 N–H and O–H groups in total. The van der Waals surface area contributed by atoms with Crippen molar-refractivity contribution in [3.05, 3.63) is 85.2 Å². The first kappa shape index (κ1) is 13.1. The third-order valence-corrected chi connectivity index (χ3v) is 4.26. The van der Waals surface area contributed by atoms with E-state index in [1.54, 1.807) is 0 Å². The van der Waals surface area contributed by atoms with Crippen molar-refractivity contribution in [3.63, 3.8) is 0 Å². The molecule has 0 saturated heterocycles. The lowest BCUT2D eigenvalue weighted by molar-refractivity contribution is -0.386. The summed E-state index contributed by atoms with van der Waals surface area (Å²) in [5.41, 5.74) is 3.85. The molecule has 0 radical (unpaired) electrons. The van der Waals surface area contributed by atoms with E-state index < -0.39 is 0 Å². The molecule has 4 aromatic rings. The Morgan fingerprint density at radius 3 is 2.33 bits per heavy atom. The summed E-state index contributed by atoms with van der Waals surface area (Å²) in [6.45, 7) is 0. The van der Waals surface area contributed by atoms with E-state index in [-0.39, 0.29) is 0 Å². The van der Waals surface area contributed by atoms with E-state index in [9.17, 15) is 0 Å². The summed E-state index contributed by atoms with van der Waals surface area (Å²) in [5, 5.41) is 2.26. The highest BCUT2D eigenvalue weighted by Crippen LogP contribution is 2.34. The van der Waals surface area contributed by atoms with Gasteiger partial charge < -0.3 is 4.42 Å². The van der Waals surface area contributed by atoms with Crippen LogP contribution in [0.2, 0.25) is 0 Å². The molecule has 1 aromatic heterocycles. The fourth-order valence-electron chi connectivity index (χ4n) is 3.10. The standard InChI is InChI=1S/C21H14N2O/c1-2-7-16(8-3-1)22-13-14-23(15-22)19-11-6-10-18-17-9-4-5-12-20(17)24-21(18)19/h1-14H/q+2. The Hall–Kier alpha value is -3.42. The van der Waals surface area contributed by atoms with Gasteiger partial charge in [-0.15, -0.1) is 0 Å². The third kappa shape index (κ3) is 1.93. The minimum absolute atomic E-state index is 0.880. The van der Waals surface area contributed by atoms with Gasteiger partial charge in [0.15, 0.2) is 0 Å². The van der Waals surface area contributed by atoms with Crippen LogP contribution in [0.1, 0.15) is 0 Å². The summed E-state index contributed by atoms with van der Waals surface area (Å²) in [4.78, 5) is 0.